The van der Waals surface area contributed by atoms with Crippen LogP contribution in [0, 0.1) is 0 Å². The molecule has 1 heteroatoms. The molecule has 0 aliphatic heterocycles. The van der Waals surface area contributed by atoms with E-state index >= 15 is 0 Å². The van der Waals surface area contributed by atoms with Crippen LogP contribution in [0.25, 0.3) is 0 Å². The first-order chi connectivity index (χ1) is 5.35. The molecule has 0 aromatic heterocycles. The van der Waals surface area contributed by atoms with Gasteiger partial charge in [-0.15, -0.1) is 0 Å². The quantitative estimate of drug-likeness (QED) is 0.620. The summed E-state index contributed by atoms with van der Waals surface area (Å²) in [6.45, 7) is 4.25. The highest BCUT2D eigenvalue weighted by atomic mass is 16.5. The molecule has 0 N–H and O–H groups in total. The summed E-state index contributed by atoms with van der Waals surface area (Å²) in [6.07, 6.45) is 1.25. The van der Waals surface area contributed by atoms with Crippen LogP contribution in [0.4, 0.5) is 0 Å². The summed E-state index contributed by atoms with van der Waals surface area (Å²) in [5.41, 5.74) is 0. The lowest BCUT2D eigenvalue weighted by Gasteiger charge is -1.93. The summed E-state index contributed by atoms with van der Waals surface area (Å²) >= 11 is 0. The Bertz CT molecular complexity index is 158. The topological polar surface area (TPSA) is 9.23 Å². The standard InChI is InChI=1S/C7H8O.C3H8.CH4/c1-8-7-5-3-2-4-6-7;1-3-2;/h2-6H,1H3;3H2,1-2H3;1H4. The average molecular weight is 168 g/mol. The van der Waals surface area contributed by atoms with Gasteiger partial charge in [-0.25, -0.2) is 0 Å². The molecule has 1 aromatic carbocycles. The lowest BCUT2D eigenvalue weighted by Crippen LogP contribution is -1.78. The van der Waals surface area contributed by atoms with Crippen molar-refractivity contribution in [2.45, 2.75) is 27.7 Å². The Morgan fingerprint density at radius 1 is 1.08 bits per heavy atom. The van der Waals surface area contributed by atoms with E-state index in [1.807, 2.05) is 30.3 Å². The summed E-state index contributed by atoms with van der Waals surface area (Å²) < 4.78 is 4.91. The Hall–Kier alpha value is -0.980. The maximum absolute atomic E-state index is 4.91. The maximum Gasteiger partial charge on any atom is 0.118 e. The van der Waals surface area contributed by atoms with E-state index in [0.717, 1.165) is 5.75 Å². The van der Waals surface area contributed by atoms with Crippen molar-refractivity contribution in [1.29, 1.82) is 0 Å². The first-order valence-electron chi connectivity index (χ1n) is 3.94. The first kappa shape index (κ1) is 13.6. The van der Waals surface area contributed by atoms with Crippen molar-refractivity contribution < 1.29 is 4.74 Å². The van der Waals surface area contributed by atoms with Gasteiger partial charge in [-0.3, -0.25) is 0 Å². The number of para-hydroxylation sites is 1. The summed E-state index contributed by atoms with van der Waals surface area (Å²) in [7, 11) is 1.66. The van der Waals surface area contributed by atoms with Crippen molar-refractivity contribution in [2.24, 2.45) is 0 Å². The largest absolute Gasteiger partial charge is 0.497 e. The van der Waals surface area contributed by atoms with Crippen LogP contribution in [0.3, 0.4) is 0 Å². The van der Waals surface area contributed by atoms with Crippen LogP contribution in [0.1, 0.15) is 27.7 Å². The molecule has 0 saturated heterocycles. The van der Waals surface area contributed by atoms with E-state index in [9.17, 15) is 0 Å². The highest BCUT2D eigenvalue weighted by molar-refractivity contribution is 5.20. The van der Waals surface area contributed by atoms with Crippen LogP contribution >= 0.6 is 0 Å². The minimum absolute atomic E-state index is 0. The molecule has 0 bridgehead atoms. The number of rotatable bonds is 1. The Morgan fingerprint density at radius 3 is 1.75 bits per heavy atom. The minimum Gasteiger partial charge on any atom is -0.497 e. The number of benzene rings is 1. The highest BCUT2D eigenvalue weighted by Gasteiger charge is 1.80. The molecule has 0 aliphatic rings. The van der Waals surface area contributed by atoms with Gasteiger partial charge in [-0.2, -0.15) is 0 Å². The molecule has 0 atom stereocenters. The van der Waals surface area contributed by atoms with Gasteiger partial charge in [0.25, 0.3) is 0 Å². The summed E-state index contributed by atoms with van der Waals surface area (Å²) in [5, 5.41) is 0. The lowest BCUT2D eigenvalue weighted by atomic mass is 10.3. The van der Waals surface area contributed by atoms with E-state index < -0.39 is 0 Å². The van der Waals surface area contributed by atoms with Crippen LogP contribution in [0.15, 0.2) is 30.3 Å². The smallest absolute Gasteiger partial charge is 0.118 e. The zero-order valence-corrected chi connectivity index (χ0v) is 7.50. The monoisotopic (exact) mass is 168 g/mol. The van der Waals surface area contributed by atoms with Gasteiger partial charge in [0, 0.05) is 0 Å². The maximum atomic E-state index is 4.91. The molecule has 1 nitrogen and oxygen atoms in total. The van der Waals surface area contributed by atoms with Gasteiger partial charge in [0.1, 0.15) is 5.75 Å². The molecule has 70 valence electrons. The predicted molar refractivity (Wildman–Crippen MR) is 55.7 cm³/mol. The zero-order valence-electron chi connectivity index (χ0n) is 7.50. The molecule has 0 amide bonds. The second-order valence-corrected chi connectivity index (χ2v) is 2.22. The van der Waals surface area contributed by atoms with Gasteiger partial charge in [0.2, 0.25) is 0 Å². The van der Waals surface area contributed by atoms with E-state index in [1.165, 1.54) is 6.42 Å². The number of methoxy groups -OCH3 is 1. The average Bonchev–Trinajstić information content (AvgIpc) is 2.08. The molecule has 0 aliphatic carbocycles. The number of hydrogen-bond acceptors (Lipinski definition) is 1. The van der Waals surface area contributed by atoms with Crippen LogP contribution in [0.5, 0.6) is 5.75 Å². The van der Waals surface area contributed by atoms with Gasteiger partial charge in [0.05, 0.1) is 7.11 Å². The predicted octanol–water partition coefficient (Wildman–Crippen LogP) is 3.75. The molecule has 0 fully saturated rings. The first-order valence-corrected chi connectivity index (χ1v) is 3.94. The molecule has 0 radical (unpaired) electrons. The SMILES string of the molecule is C.CCC.COc1ccccc1. The molecule has 12 heavy (non-hydrogen) atoms. The summed E-state index contributed by atoms with van der Waals surface area (Å²) in [4.78, 5) is 0. The van der Waals surface area contributed by atoms with Crippen molar-refractivity contribution >= 4 is 0 Å². The van der Waals surface area contributed by atoms with Crippen molar-refractivity contribution in [3.8, 4) is 5.75 Å². The van der Waals surface area contributed by atoms with E-state index in [4.69, 9.17) is 4.74 Å². The fraction of sp³-hybridized carbons (Fsp3) is 0.455. The molecule has 0 spiro atoms. The van der Waals surface area contributed by atoms with E-state index in [2.05, 4.69) is 13.8 Å². The van der Waals surface area contributed by atoms with Gasteiger partial charge in [0.15, 0.2) is 0 Å². The van der Waals surface area contributed by atoms with Crippen LogP contribution in [-0.2, 0) is 0 Å². The lowest BCUT2D eigenvalue weighted by molar-refractivity contribution is 0.415. The fourth-order valence-electron chi connectivity index (χ4n) is 0.557. The van der Waals surface area contributed by atoms with Crippen molar-refractivity contribution in [3.63, 3.8) is 0 Å². The third-order valence-corrected chi connectivity index (χ3v) is 0.979. The fourth-order valence-corrected chi connectivity index (χ4v) is 0.557. The number of hydrogen-bond donors (Lipinski definition) is 0. The molecule has 0 heterocycles. The molecule has 1 aromatic rings. The Balaban J connectivity index is 0. The van der Waals surface area contributed by atoms with Crippen molar-refractivity contribution in [2.75, 3.05) is 7.11 Å². The molecular weight excluding hydrogens is 148 g/mol. The van der Waals surface area contributed by atoms with Crippen molar-refractivity contribution in [1.82, 2.24) is 0 Å². The molecular formula is C11H20O. The van der Waals surface area contributed by atoms with Gasteiger partial charge in [-0.1, -0.05) is 45.9 Å². The third-order valence-electron chi connectivity index (χ3n) is 0.979. The minimum atomic E-state index is 0. The van der Waals surface area contributed by atoms with Crippen LogP contribution in [0.2, 0.25) is 0 Å². The zero-order chi connectivity index (χ0) is 8.53. The van der Waals surface area contributed by atoms with Gasteiger partial charge >= 0.3 is 0 Å². The van der Waals surface area contributed by atoms with Crippen LogP contribution in [-0.4, -0.2) is 7.11 Å². The van der Waals surface area contributed by atoms with Gasteiger partial charge < -0.3 is 4.74 Å². The van der Waals surface area contributed by atoms with Gasteiger partial charge in [-0.05, 0) is 12.1 Å². The Labute approximate surface area is 76.4 Å². The highest BCUT2D eigenvalue weighted by Crippen LogP contribution is 2.05. The van der Waals surface area contributed by atoms with Crippen molar-refractivity contribution in [3.05, 3.63) is 30.3 Å². The molecule has 0 saturated carbocycles. The normalized spacial score (nSPS) is 7.25. The van der Waals surface area contributed by atoms with Crippen LogP contribution < -0.4 is 4.74 Å². The third kappa shape index (κ3) is 7.13. The summed E-state index contributed by atoms with van der Waals surface area (Å²) in [5.74, 6) is 0.910. The summed E-state index contributed by atoms with van der Waals surface area (Å²) in [6, 6.07) is 9.68. The molecule has 1 rings (SSSR count). The Morgan fingerprint density at radius 2 is 1.50 bits per heavy atom. The van der Waals surface area contributed by atoms with E-state index in [1.54, 1.807) is 7.11 Å². The molecule has 0 unspecified atom stereocenters. The Kier molecular flexibility index (Phi) is 11.4. The van der Waals surface area contributed by atoms with E-state index in [-0.39, 0.29) is 7.43 Å². The second kappa shape index (κ2) is 10.0. The van der Waals surface area contributed by atoms with E-state index in [0.29, 0.717) is 0 Å². The second-order valence-electron chi connectivity index (χ2n) is 2.22. The number of ether oxygens (including phenoxy) is 1.